The summed E-state index contributed by atoms with van der Waals surface area (Å²) < 4.78 is 13.9. The molecule has 0 unspecified atom stereocenters. The highest BCUT2D eigenvalue weighted by molar-refractivity contribution is 14.1. The van der Waals surface area contributed by atoms with E-state index in [1.165, 1.54) is 4.68 Å². The first-order chi connectivity index (χ1) is 16.0. The molecule has 0 aliphatic heterocycles. The molecular weight excluding hydrogens is 529 g/mol. The number of methoxy groups -OCH3 is 1. The van der Waals surface area contributed by atoms with Gasteiger partial charge in [0, 0.05) is 5.56 Å². The minimum Gasteiger partial charge on any atom is -0.493 e. The maximum absolute atomic E-state index is 13.3. The monoisotopic (exact) mass is 553 g/mol. The lowest BCUT2D eigenvalue weighted by atomic mass is 10.2. The van der Waals surface area contributed by atoms with Gasteiger partial charge in [-0.3, -0.25) is 4.79 Å². The number of para-hydroxylation sites is 1. The Morgan fingerprint density at radius 1 is 1.12 bits per heavy atom. The maximum atomic E-state index is 13.3. The lowest BCUT2D eigenvalue weighted by Crippen LogP contribution is -2.20. The summed E-state index contributed by atoms with van der Waals surface area (Å²) in [6.45, 7) is 4.10. The number of fused-ring (bicyclic) bond motifs is 1. The lowest BCUT2D eigenvalue weighted by Gasteiger charge is -2.17. The minimum atomic E-state index is -0.228. The number of rotatable bonds is 7. The van der Waals surface area contributed by atoms with E-state index in [0.29, 0.717) is 28.2 Å². The molecule has 0 fully saturated rings. The van der Waals surface area contributed by atoms with Gasteiger partial charge in [-0.2, -0.15) is 9.78 Å². The van der Waals surface area contributed by atoms with E-state index < -0.39 is 0 Å². The van der Waals surface area contributed by atoms with Crippen molar-refractivity contribution in [1.29, 1.82) is 0 Å². The lowest BCUT2D eigenvalue weighted by molar-refractivity contribution is 0.206. The van der Waals surface area contributed by atoms with Crippen molar-refractivity contribution in [2.75, 3.05) is 7.11 Å². The molecule has 0 aliphatic rings. The van der Waals surface area contributed by atoms with Gasteiger partial charge in [0.25, 0.3) is 5.56 Å². The van der Waals surface area contributed by atoms with Crippen LogP contribution in [0.2, 0.25) is 0 Å². The van der Waals surface area contributed by atoms with Crippen molar-refractivity contribution in [3.05, 3.63) is 86.2 Å². The van der Waals surface area contributed by atoms with Gasteiger partial charge < -0.3 is 9.47 Å². The molecule has 1 atom stereocenters. The van der Waals surface area contributed by atoms with Crippen LogP contribution in [-0.4, -0.2) is 29.1 Å². The van der Waals surface area contributed by atoms with Crippen molar-refractivity contribution < 1.29 is 9.47 Å². The topological polar surface area (TPSA) is 65.7 Å². The van der Waals surface area contributed by atoms with Crippen LogP contribution in [0.3, 0.4) is 0 Å². The number of halogens is 1. The van der Waals surface area contributed by atoms with Crippen molar-refractivity contribution >= 4 is 39.7 Å². The Bertz CT molecular complexity index is 1370. The first kappa shape index (κ1) is 23.0. The molecule has 6 nitrogen and oxygen atoms in total. The summed E-state index contributed by atoms with van der Waals surface area (Å²) in [6, 6.07) is 20.7. The van der Waals surface area contributed by atoms with Gasteiger partial charge >= 0.3 is 0 Å². The Morgan fingerprint density at radius 3 is 2.58 bits per heavy atom. The highest BCUT2D eigenvalue weighted by atomic mass is 127. The first-order valence-corrected chi connectivity index (χ1v) is 11.8. The number of benzene rings is 3. The van der Waals surface area contributed by atoms with E-state index in [4.69, 9.17) is 14.5 Å². The van der Waals surface area contributed by atoms with Gasteiger partial charge in [0.15, 0.2) is 17.3 Å². The quantitative estimate of drug-likeness (QED) is 0.217. The van der Waals surface area contributed by atoms with Gasteiger partial charge in [-0.15, -0.1) is 0 Å². The van der Waals surface area contributed by atoms with Crippen LogP contribution < -0.4 is 15.0 Å². The predicted octanol–water partition coefficient (Wildman–Crippen LogP) is 5.74. The van der Waals surface area contributed by atoms with Crippen molar-refractivity contribution in [3.63, 3.8) is 0 Å². The van der Waals surface area contributed by atoms with Crippen LogP contribution >= 0.6 is 22.6 Å². The standard InChI is InChI=1S/C26H24IN3O3/c1-4-17(2)33-24-21(27)14-18(15-23(24)32-3)16-28-30-25(19-10-6-5-7-11-19)29-22-13-9-8-12-20(22)26(30)31/h5-17H,4H2,1-3H3/t17-/m1/s1. The van der Waals surface area contributed by atoms with E-state index in [9.17, 15) is 4.79 Å². The first-order valence-electron chi connectivity index (χ1n) is 10.7. The number of nitrogens with zero attached hydrogens (tertiary/aromatic N) is 3. The van der Waals surface area contributed by atoms with Crippen molar-refractivity contribution in [1.82, 2.24) is 9.66 Å². The number of ether oxygens (including phenoxy) is 2. The van der Waals surface area contributed by atoms with Crippen LogP contribution in [0.4, 0.5) is 0 Å². The van der Waals surface area contributed by atoms with Gasteiger partial charge in [0.2, 0.25) is 0 Å². The third kappa shape index (κ3) is 4.93. The summed E-state index contributed by atoms with van der Waals surface area (Å²) in [7, 11) is 1.61. The third-order valence-electron chi connectivity index (χ3n) is 5.25. The maximum Gasteiger partial charge on any atom is 0.282 e. The van der Waals surface area contributed by atoms with E-state index in [2.05, 4.69) is 34.6 Å². The van der Waals surface area contributed by atoms with Crippen molar-refractivity contribution in [3.8, 4) is 22.9 Å². The molecule has 1 heterocycles. The molecule has 7 heteroatoms. The number of aromatic nitrogens is 2. The summed E-state index contributed by atoms with van der Waals surface area (Å²) >= 11 is 2.23. The van der Waals surface area contributed by atoms with Gasteiger partial charge in [-0.05, 0) is 65.8 Å². The second-order valence-corrected chi connectivity index (χ2v) is 8.71. The Morgan fingerprint density at radius 2 is 1.85 bits per heavy atom. The van der Waals surface area contributed by atoms with E-state index in [0.717, 1.165) is 21.1 Å². The molecule has 0 saturated heterocycles. The Kier molecular flexibility index (Phi) is 7.08. The van der Waals surface area contributed by atoms with Crippen LogP contribution in [0.25, 0.3) is 22.3 Å². The Balaban J connectivity index is 1.82. The smallest absolute Gasteiger partial charge is 0.282 e. The molecule has 0 saturated carbocycles. The summed E-state index contributed by atoms with van der Waals surface area (Å²) in [5.41, 5.74) is 2.00. The predicted molar refractivity (Wildman–Crippen MR) is 141 cm³/mol. The van der Waals surface area contributed by atoms with E-state index in [1.54, 1.807) is 19.4 Å². The number of hydrogen-bond acceptors (Lipinski definition) is 5. The molecule has 0 spiro atoms. The van der Waals surface area contributed by atoms with Crippen LogP contribution in [0.15, 0.2) is 76.6 Å². The van der Waals surface area contributed by atoms with E-state index in [-0.39, 0.29) is 11.7 Å². The molecular formula is C26H24IN3O3. The van der Waals surface area contributed by atoms with E-state index in [1.807, 2.05) is 67.6 Å². The van der Waals surface area contributed by atoms with Crippen LogP contribution in [-0.2, 0) is 0 Å². The van der Waals surface area contributed by atoms with Gasteiger partial charge in [-0.1, -0.05) is 49.4 Å². The molecule has 168 valence electrons. The van der Waals surface area contributed by atoms with Crippen molar-refractivity contribution in [2.45, 2.75) is 26.4 Å². The molecule has 3 aromatic carbocycles. The minimum absolute atomic E-state index is 0.0719. The molecule has 33 heavy (non-hydrogen) atoms. The number of hydrogen-bond donors (Lipinski definition) is 0. The largest absolute Gasteiger partial charge is 0.493 e. The molecule has 0 amide bonds. The van der Waals surface area contributed by atoms with Gasteiger partial charge in [-0.25, -0.2) is 4.98 Å². The normalized spacial score (nSPS) is 12.2. The highest BCUT2D eigenvalue weighted by Crippen LogP contribution is 2.34. The molecule has 4 rings (SSSR count). The zero-order valence-corrected chi connectivity index (χ0v) is 20.8. The van der Waals surface area contributed by atoms with Crippen molar-refractivity contribution in [2.24, 2.45) is 5.10 Å². The fourth-order valence-corrected chi connectivity index (χ4v) is 4.10. The molecule has 1 aromatic heterocycles. The summed E-state index contributed by atoms with van der Waals surface area (Å²) in [5, 5.41) is 5.06. The SMILES string of the molecule is CC[C@@H](C)Oc1c(I)cc(C=Nn2c(-c3ccccc3)nc3ccccc3c2=O)cc1OC. The molecule has 0 N–H and O–H groups in total. The summed E-state index contributed by atoms with van der Waals surface area (Å²) in [6.07, 6.45) is 2.60. The fraction of sp³-hybridized carbons (Fsp3) is 0.192. The highest BCUT2D eigenvalue weighted by Gasteiger charge is 2.15. The third-order valence-corrected chi connectivity index (χ3v) is 6.06. The van der Waals surface area contributed by atoms with Crippen LogP contribution in [0.1, 0.15) is 25.8 Å². The second-order valence-electron chi connectivity index (χ2n) is 7.55. The fourth-order valence-electron chi connectivity index (χ4n) is 3.34. The summed E-state index contributed by atoms with van der Waals surface area (Å²) in [4.78, 5) is 18.0. The van der Waals surface area contributed by atoms with Gasteiger partial charge in [0.1, 0.15) is 0 Å². The molecule has 0 radical (unpaired) electrons. The van der Waals surface area contributed by atoms with Crippen LogP contribution in [0.5, 0.6) is 11.5 Å². The van der Waals surface area contributed by atoms with E-state index >= 15 is 0 Å². The molecule has 0 bridgehead atoms. The average molecular weight is 553 g/mol. The Hall–Kier alpha value is -3.20. The van der Waals surface area contributed by atoms with Crippen LogP contribution in [0, 0.1) is 3.57 Å². The zero-order valence-electron chi connectivity index (χ0n) is 18.7. The Labute approximate surface area is 206 Å². The molecule has 0 aliphatic carbocycles. The average Bonchev–Trinajstić information content (AvgIpc) is 2.85. The van der Waals surface area contributed by atoms with Gasteiger partial charge in [0.05, 0.1) is 33.9 Å². The summed E-state index contributed by atoms with van der Waals surface area (Å²) in [5.74, 6) is 1.81. The molecule has 4 aromatic rings. The zero-order chi connectivity index (χ0) is 23.4. The second kappa shape index (κ2) is 10.2.